The van der Waals surface area contributed by atoms with Crippen molar-refractivity contribution in [3.05, 3.63) is 179 Å². The van der Waals surface area contributed by atoms with Gasteiger partial charge in [0.25, 0.3) is 0 Å². The van der Waals surface area contributed by atoms with Crippen LogP contribution in [0.25, 0.3) is 55.5 Å². The van der Waals surface area contributed by atoms with E-state index < -0.39 is 9.84 Å². The standard InChI is InChI=1S/C43H31NO3S/c45-48(46)26-33-17-15-30(32-19-20-37-36-13-7-8-14-42(36)47-43(37)25-32)21-38(33)39-22-31(16-18-34(39)27-48)35-23-40(28-9-3-1-4-10-28)44-41(24-35)29-11-5-2-6-12-29/h1-25,40,44H,26-27H2. The summed E-state index contributed by atoms with van der Waals surface area (Å²) in [7, 11) is -3.35. The fourth-order valence-corrected chi connectivity index (χ4v) is 8.69. The van der Waals surface area contributed by atoms with Crippen LogP contribution in [0.3, 0.4) is 0 Å². The molecule has 232 valence electrons. The van der Waals surface area contributed by atoms with Gasteiger partial charge in [0.15, 0.2) is 9.84 Å². The van der Waals surface area contributed by atoms with Crippen LogP contribution in [0.1, 0.15) is 33.9 Å². The topological polar surface area (TPSA) is 59.3 Å². The molecule has 6 aromatic carbocycles. The predicted octanol–water partition coefficient (Wildman–Crippen LogP) is 10.1. The number of para-hydroxylation sites is 1. The maximum Gasteiger partial charge on any atom is 0.158 e. The molecular formula is C43H31NO3S. The molecule has 1 aromatic heterocycles. The number of furan rings is 1. The highest BCUT2D eigenvalue weighted by atomic mass is 32.2. The molecule has 0 saturated carbocycles. The number of allylic oxidation sites excluding steroid dienone is 2. The lowest BCUT2D eigenvalue weighted by Gasteiger charge is -2.26. The van der Waals surface area contributed by atoms with Crippen molar-refractivity contribution < 1.29 is 12.8 Å². The summed E-state index contributed by atoms with van der Waals surface area (Å²) in [5.74, 6) is 0.0198. The van der Waals surface area contributed by atoms with Gasteiger partial charge in [0.05, 0.1) is 17.5 Å². The summed E-state index contributed by atoms with van der Waals surface area (Å²) in [5.41, 5.74) is 12.8. The Bertz CT molecular complexity index is 2540. The van der Waals surface area contributed by atoms with E-state index in [2.05, 4.69) is 108 Å². The molecule has 0 fully saturated rings. The lowest BCUT2D eigenvalue weighted by Crippen LogP contribution is -2.21. The Kier molecular flexibility index (Phi) is 6.70. The molecule has 2 aliphatic heterocycles. The van der Waals surface area contributed by atoms with Crippen LogP contribution in [0.5, 0.6) is 0 Å². The molecule has 3 heterocycles. The van der Waals surface area contributed by atoms with Crippen molar-refractivity contribution in [3.8, 4) is 22.3 Å². The molecule has 5 heteroatoms. The second-order valence-electron chi connectivity index (χ2n) is 12.7. The molecule has 1 N–H and O–H groups in total. The van der Waals surface area contributed by atoms with E-state index in [9.17, 15) is 8.42 Å². The Morgan fingerprint density at radius 1 is 0.562 bits per heavy atom. The number of rotatable bonds is 4. The molecule has 0 amide bonds. The smallest absolute Gasteiger partial charge is 0.158 e. The number of benzene rings is 6. The molecular weight excluding hydrogens is 611 g/mol. The molecule has 2 aliphatic rings. The normalized spacial score (nSPS) is 16.7. The van der Waals surface area contributed by atoms with E-state index in [4.69, 9.17) is 4.42 Å². The summed E-state index contributed by atoms with van der Waals surface area (Å²) in [5, 5.41) is 5.91. The fourth-order valence-electron chi connectivity index (χ4n) is 7.13. The Balaban J connectivity index is 1.18. The SMILES string of the molecule is O=S1(=O)Cc2ccc(C3=CC(c4ccccc4)NC(c4ccccc4)=C3)cc2-c2cc(-c3ccc4c(c3)oc3ccccc34)ccc2C1. The predicted molar refractivity (Wildman–Crippen MR) is 196 cm³/mol. The Morgan fingerprint density at radius 3 is 1.94 bits per heavy atom. The minimum atomic E-state index is -3.35. The number of hydrogen-bond acceptors (Lipinski definition) is 4. The van der Waals surface area contributed by atoms with Crippen molar-refractivity contribution in [2.45, 2.75) is 17.5 Å². The molecule has 4 nitrogen and oxygen atoms in total. The van der Waals surface area contributed by atoms with Crippen molar-refractivity contribution in [3.63, 3.8) is 0 Å². The van der Waals surface area contributed by atoms with Gasteiger partial charge in [-0.2, -0.15) is 0 Å². The zero-order chi connectivity index (χ0) is 32.2. The average molecular weight is 642 g/mol. The molecule has 1 atom stereocenters. The zero-order valence-corrected chi connectivity index (χ0v) is 26.9. The molecule has 0 saturated heterocycles. The first-order chi connectivity index (χ1) is 23.5. The van der Waals surface area contributed by atoms with Gasteiger partial charge in [0.2, 0.25) is 0 Å². The van der Waals surface area contributed by atoms with E-state index in [-0.39, 0.29) is 17.5 Å². The van der Waals surface area contributed by atoms with E-state index in [0.29, 0.717) is 0 Å². The van der Waals surface area contributed by atoms with E-state index in [1.54, 1.807) is 0 Å². The van der Waals surface area contributed by atoms with Crippen LogP contribution in [0, 0.1) is 0 Å². The molecule has 0 bridgehead atoms. The van der Waals surface area contributed by atoms with Crippen LogP contribution in [0.15, 0.2) is 156 Å². The lowest BCUT2D eigenvalue weighted by molar-refractivity contribution is 0.595. The van der Waals surface area contributed by atoms with Gasteiger partial charge in [0.1, 0.15) is 11.2 Å². The van der Waals surface area contributed by atoms with Crippen LogP contribution in [-0.2, 0) is 21.3 Å². The summed E-state index contributed by atoms with van der Waals surface area (Å²) in [6.07, 6.45) is 4.46. The highest BCUT2D eigenvalue weighted by Gasteiger charge is 2.26. The third kappa shape index (κ3) is 5.13. The Morgan fingerprint density at radius 2 is 1.17 bits per heavy atom. The zero-order valence-electron chi connectivity index (χ0n) is 26.1. The fraction of sp³-hybridized carbons (Fsp3) is 0.0698. The Labute approximate surface area is 279 Å². The van der Waals surface area contributed by atoms with Crippen molar-refractivity contribution in [2.24, 2.45) is 0 Å². The highest BCUT2D eigenvalue weighted by molar-refractivity contribution is 7.89. The maximum absolute atomic E-state index is 13.3. The van der Waals surface area contributed by atoms with E-state index in [1.807, 2.05) is 48.5 Å². The van der Waals surface area contributed by atoms with Gasteiger partial charge < -0.3 is 9.73 Å². The molecule has 48 heavy (non-hydrogen) atoms. The van der Waals surface area contributed by atoms with Crippen LogP contribution in [0.2, 0.25) is 0 Å². The van der Waals surface area contributed by atoms with Gasteiger partial charge in [-0.15, -0.1) is 0 Å². The summed E-state index contributed by atoms with van der Waals surface area (Å²) in [6, 6.07) is 47.6. The highest BCUT2D eigenvalue weighted by Crippen LogP contribution is 2.40. The summed E-state index contributed by atoms with van der Waals surface area (Å²) in [4.78, 5) is 0. The summed E-state index contributed by atoms with van der Waals surface area (Å²) < 4.78 is 32.9. The minimum absolute atomic E-state index is 0.00984. The third-order valence-corrected chi connectivity index (χ3v) is 11.0. The quantitative estimate of drug-likeness (QED) is 0.208. The van der Waals surface area contributed by atoms with E-state index >= 15 is 0 Å². The maximum atomic E-state index is 13.3. The minimum Gasteiger partial charge on any atom is -0.456 e. The monoisotopic (exact) mass is 641 g/mol. The van der Waals surface area contributed by atoms with Crippen molar-refractivity contribution in [1.29, 1.82) is 0 Å². The van der Waals surface area contributed by atoms with Crippen molar-refractivity contribution >= 4 is 43.0 Å². The van der Waals surface area contributed by atoms with Gasteiger partial charge >= 0.3 is 0 Å². The summed E-state index contributed by atoms with van der Waals surface area (Å²) in [6.45, 7) is 0. The molecule has 7 aromatic rings. The first-order valence-electron chi connectivity index (χ1n) is 16.2. The van der Waals surface area contributed by atoms with Gasteiger partial charge in [-0.25, -0.2) is 8.42 Å². The lowest BCUT2D eigenvalue weighted by atomic mass is 9.88. The molecule has 0 radical (unpaired) electrons. The number of hydrogen-bond donors (Lipinski definition) is 1. The molecule has 1 unspecified atom stereocenters. The van der Waals surface area contributed by atoms with E-state index in [0.717, 1.165) is 77.7 Å². The largest absolute Gasteiger partial charge is 0.456 e. The van der Waals surface area contributed by atoms with Gasteiger partial charge in [-0.1, -0.05) is 109 Å². The van der Waals surface area contributed by atoms with Gasteiger partial charge in [-0.05, 0) is 98.1 Å². The van der Waals surface area contributed by atoms with E-state index in [1.165, 1.54) is 5.56 Å². The van der Waals surface area contributed by atoms with Crippen molar-refractivity contribution in [1.82, 2.24) is 5.32 Å². The number of sulfone groups is 1. The van der Waals surface area contributed by atoms with Crippen molar-refractivity contribution in [2.75, 3.05) is 0 Å². The van der Waals surface area contributed by atoms with Gasteiger partial charge in [0, 0.05) is 16.5 Å². The first-order valence-corrected chi connectivity index (χ1v) is 18.0. The molecule has 0 spiro atoms. The Hall–Kier alpha value is -5.65. The number of nitrogens with one attached hydrogen (secondary N) is 1. The average Bonchev–Trinajstić information content (AvgIpc) is 3.45. The second-order valence-corrected chi connectivity index (χ2v) is 14.7. The van der Waals surface area contributed by atoms with Gasteiger partial charge in [-0.3, -0.25) is 0 Å². The van der Waals surface area contributed by atoms with Crippen LogP contribution in [0.4, 0.5) is 0 Å². The molecule has 0 aliphatic carbocycles. The van der Waals surface area contributed by atoms with Crippen LogP contribution in [-0.4, -0.2) is 8.42 Å². The third-order valence-electron chi connectivity index (χ3n) is 9.51. The first kappa shape index (κ1) is 28.6. The van der Waals surface area contributed by atoms with Crippen LogP contribution < -0.4 is 5.32 Å². The molecule has 9 rings (SSSR count). The van der Waals surface area contributed by atoms with Crippen LogP contribution >= 0.6 is 0 Å². The number of dihydropyridines is 1. The summed E-state index contributed by atoms with van der Waals surface area (Å²) >= 11 is 0. The number of fused-ring (bicyclic) bond motifs is 6. The second kappa shape index (κ2) is 11.3.